The van der Waals surface area contributed by atoms with Crippen LogP contribution in [0, 0.1) is 5.92 Å². The molecule has 0 amide bonds. The topological polar surface area (TPSA) is 60.8 Å². The number of hydrogen-bond acceptors (Lipinski definition) is 3. The van der Waals surface area contributed by atoms with E-state index in [1.54, 1.807) is 12.1 Å². The molecule has 0 saturated heterocycles. The van der Waals surface area contributed by atoms with Crippen LogP contribution in [0.5, 0.6) is 0 Å². The highest BCUT2D eigenvalue weighted by Crippen LogP contribution is 2.31. The van der Waals surface area contributed by atoms with E-state index in [0.717, 1.165) is 24.2 Å². The molecule has 2 N–H and O–H groups in total. The van der Waals surface area contributed by atoms with Gasteiger partial charge in [-0.25, -0.2) is 4.79 Å². The highest BCUT2D eigenvalue weighted by atomic mass is 16.4. The van der Waals surface area contributed by atoms with Crippen molar-refractivity contribution in [2.75, 3.05) is 18.0 Å². The SMILES string of the molecule is CC(C)C(C)(O)CN1CCc2ccc(C(=O)O)cc21. The van der Waals surface area contributed by atoms with Crippen LogP contribution in [0.3, 0.4) is 0 Å². The molecule has 1 aromatic carbocycles. The fraction of sp³-hybridized carbons (Fsp3) is 0.533. The standard InChI is InChI=1S/C15H21NO3/c1-10(2)15(3,19)9-16-7-6-11-4-5-12(14(17)18)8-13(11)16/h4-5,8,10,19H,6-7,9H2,1-3H3,(H,17,18). The number of rotatable bonds is 4. The third-order valence-corrected chi connectivity index (χ3v) is 4.08. The molecule has 0 bridgehead atoms. The fourth-order valence-corrected chi connectivity index (χ4v) is 2.31. The molecule has 0 aliphatic carbocycles. The summed E-state index contributed by atoms with van der Waals surface area (Å²) >= 11 is 0. The Morgan fingerprint density at radius 3 is 2.74 bits per heavy atom. The summed E-state index contributed by atoms with van der Waals surface area (Å²) in [5.41, 5.74) is 1.63. The molecule has 0 saturated carbocycles. The second-order valence-electron chi connectivity index (χ2n) is 5.83. The molecule has 1 atom stereocenters. The van der Waals surface area contributed by atoms with E-state index in [0.29, 0.717) is 12.1 Å². The molecule has 4 heteroatoms. The fourth-order valence-electron chi connectivity index (χ4n) is 2.31. The van der Waals surface area contributed by atoms with Gasteiger partial charge in [0, 0.05) is 18.8 Å². The molecular weight excluding hydrogens is 242 g/mol. The first-order valence-electron chi connectivity index (χ1n) is 6.65. The second kappa shape index (κ2) is 4.85. The summed E-state index contributed by atoms with van der Waals surface area (Å²) in [6, 6.07) is 5.23. The number of hydrogen-bond donors (Lipinski definition) is 2. The summed E-state index contributed by atoms with van der Waals surface area (Å²) in [5.74, 6) is -0.760. The summed E-state index contributed by atoms with van der Waals surface area (Å²) in [4.78, 5) is 13.1. The average molecular weight is 263 g/mol. The lowest BCUT2D eigenvalue weighted by Crippen LogP contribution is -2.44. The van der Waals surface area contributed by atoms with Gasteiger partial charge < -0.3 is 15.1 Å². The largest absolute Gasteiger partial charge is 0.478 e. The van der Waals surface area contributed by atoms with Crippen molar-refractivity contribution in [3.8, 4) is 0 Å². The zero-order valence-electron chi connectivity index (χ0n) is 11.7. The number of aromatic carboxylic acids is 1. The van der Waals surface area contributed by atoms with E-state index < -0.39 is 11.6 Å². The highest BCUT2D eigenvalue weighted by molar-refractivity contribution is 5.89. The molecule has 1 heterocycles. The van der Waals surface area contributed by atoms with Crippen LogP contribution >= 0.6 is 0 Å². The van der Waals surface area contributed by atoms with Crippen molar-refractivity contribution >= 4 is 11.7 Å². The van der Waals surface area contributed by atoms with Crippen LogP contribution in [-0.4, -0.2) is 34.9 Å². The number of nitrogens with zero attached hydrogens (tertiary/aromatic N) is 1. The molecule has 1 unspecified atom stereocenters. The van der Waals surface area contributed by atoms with Crippen LogP contribution in [0.1, 0.15) is 36.7 Å². The monoisotopic (exact) mass is 263 g/mol. The summed E-state index contributed by atoms with van der Waals surface area (Å²) in [6.07, 6.45) is 0.906. The Bertz CT molecular complexity index is 494. The number of benzene rings is 1. The lowest BCUT2D eigenvalue weighted by molar-refractivity contribution is 0.0210. The van der Waals surface area contributed by atoms with E-state index in [4.69, 9.17) is 5.11 Å². The van der Waals surface area contributed by atoms with E-state index >= 15 is 0 Å². The molecule has 1 aliphatic heterocycles. The Balaban J connectivity index is 2.26. The number of carboxylic acids is 1. The third kappa shape index (κ3) is 2.73. The summed E-state index contributed by atoms with van der Waals surface area (Å²) in [7, 11) is 0. The Morgan fingerprint density at radius 1 is 1.47 bits per heavy atom. The average Bonchev–Trinajstić information content (AvgIpc) is 2.71. The zero-order chi connectivity index (χ0) is 14.2. The molecule has 0 spiro atoms. The first kappa shape index (κ1) is 13.9. The first-order valence-corrected chi connectivity index (χ1v) is 6.65. The lowest BCUT2D eigenvalue weighted by atomic mass is 9.92. The Morgan fingerprint density at radius 2 is 2.16 bits per heavy atom. The van der Waals surface area contributed by atoms with Gasteiger partial charge in [-0.05, 0) is 37.0 Å². The van der Waals surface area contributed by atoms with Crippen molar-refractivity contribution in [1.29, 1.82) is 0 Å². The van der Waals surface area contributed by atoms with Gasteiger partial charge in [0.05, 0.1) is 11.2 Å². The van der Waals surface area contributed by atoms with Crippen LogP contribution < -0.4 is 4.90 Å². The molecule has 4 nitrogen and oxygen atoms in total. The molecule has 104 valence electrons. The van der Waals surface area contributed by atoms with Gasteiger partial charge in [0.15, 0.2) is 0 Å². The van der Waals surface area contributed by atoms with Crippen LogP contribution in [-0.2, 0) is 6.42 Å². The number of β-amino-alcohol motifs (C(OH)–C–C–N with tert-alkyl or cyclic N) is 1. The Kier molecular flexibility index (Phi) is 3.54. The number of carbonyl (C=O) groups is 1. The van der Waals surface area contributed by atoms with Crippen LogP contribution in [0.2, 0.25) is 0 Å². The van der Waals surface area contributed by atoms with E-state index in [1.165, 1.54) is 0 Å². The Hall–Kier alpha value is -1.55. The molecule has 2 rings (SSSR count). The molecular formula is C15H21NO3. The van der Waals surface area contributed by atoms with E-state index in [-0.39, 0.29) is 5.92 Å². The van der Waals surface area contributed by atoms with Gasteiger partial charge in [0.25, 0.3) is 0 Å². The maximum Gasteiger partial charge on any atom is 0.335 e. The van der Waals surface area contributed by atoms with Gasteiger partial charge in [-0.15, -0.1) is 0 Å². The van der Waals surface area contributed by atoms with Crippen LogP contribution in [0.4, 0.5) is 5.69 Å². The van der Waals surface area contributed by atoms with Crippen LogP contribution in [0.15, 0.2) is 18.2 Å². The molecule has 1 aromatic rings. The summed E-state index contributed by atoms with van der Waals surface area (Å²) < 4.78 is 0. The second-order valence-corrected chi connectivity index (χ2v) is 5.83. The highest BCUT2D eigenvalue weighted by Gasteiger charge is 2.31. The maximum absolute atomic E-state index is 11.0. The lowest BCUT2D eigenvalue weighted by Gasteiger charge is -2.33. The van der Waals surface area contributed by atoms with Gasteiger partial charge in [-0.2, -0.15) is 0 Å². The van der Waals surface area contributed by atoms with Gasteiger partial charge in [0.1, 0.15) is 0 Å². The van der Waals surface area contributed by atoms with E-state index in [9.17, 15) is 9.90 Å². The van der Waals surface area contributed by atoms with Crippen LogP contribution in [0.25, 0.3) is 0 Å². The van der Waals surface area contributed by atoms with Crippen molar-refractivity contribution in [3.05, 3.63) is 29.3 Å². The summed E-state index contributed by atoms with van der Waals surface area (Å²) in [6.45, 7) is 7.17. The smallest absolute Gasteiger partial charge is 0.335 e. The first-order chi connectivity index (χ1) is 8.81. The van der Waals surface area contributed by atoms with E-state index in [1.807, 2.05) is 26.8 Å². The molecule has 0 aromatic heterocycles. The number of anilines is 1. The Labute approximate surface area is 113 Å². The predicted molar refractivity (Wildman–Crippen MR) is 74.8 cm³/mol. The molecule has 0 fully saturated rings. The number of carboxylic acid groups (broad SMARTS) is 1. The molecule has 19 heavy (non-hydrogen) atoms. The zero-order valence-corrected chi connectivity index (χ0v) is 11.7. The van der Waals surface area contributed by atoms with Gasteiger partial charge >= 0.3 is 5.97 Å². The minimum Gasteiger partial charge on any atom is -0.478 e. The minimum absolute atomic E-state index is 0.152. The maximum atomic E-state index is 11.0. The van der Waals surface area contributed by atoms with Crippen molar-refractivity contribution in [2.24, 2.45) is 5.92 Å². The van der Waals surface area contributed by atoms with Crippen molar-refractivity contribution in [3.63, 3.8) is 0 Å². The van der Waals surface area contributed by atoms with Crippen molar-refractivity contribution < 1.29 is 15.0 Å². The number of aliphatic hydroxyl groups is 1. The quantitative estimate of drug-likeness (QED) is 0.874. The van der Waals surface area contributed by atoms with E-state index in [2.05, 4.69) is 4.90 Å². The minimum atomic E-state index is -0.912. The third-order valence-electron chi connectivity index (χ3n) is 4.08. The van der Waals surface area contributed by atoms with Gasteiger partial charge in [0.2, 0.25) is 0 Å². The van der Waals surface area contributed by atoms with Gasteiger partial charge in [-0.3, -0.25) is 0 Å². The predicted octanol–water partition coefficient (Wildman–Crippen LogP) is 2.15. The van der Waals surface area contributed by atoms with Crippen molar-refractivity contribution in [2.45, 2.75) is 32.8 Å². The normalized spacial score (nSPS) is 17.4. The molecule has 1 aliphatic rings. The molecule has 0 radical (unpaired) electrons. The van der Waals surface area contributed by atoms with Gasteiger partial charge in [-0.1, -0.05) is 19.9 Å². The number of fused-ring (bicyclic) bond motifs is 1. The van der Waals surface area contributed by atoms with Crippen molar-refractivity contribution in [1.82, 2.24) is 0 Å². The summed E-state index contributed by atoms with van der Waals surface area (Å²) in [5, 5.41) is 19.5.